The monoisotopic (exact) mass is 350 g/mol. The first-order valence-electron chi connectivity index (χ1n) is 7.22. The fourth-order valence-electron chi connectivity index (χ4n) is 2.36. The number of likely N-dealkylation sites (N-methyl/N-ethyl adjacent to an activating group) is 1. The Labute approximate surface area is 137 Å². The van der Waals surface area contributed by atoms with E-state index in [1.165, 1.54) is 0 Å². The van der Waals surface area contributed by atoms with Crippen LogP contribution in [0.25, 0.3) is 0 Å². The van der Waals surface area contributed by atoms with Crippen molar-refractivity contribution in [2.75, 3.05) is 32.0 Å². The smallest absolute Gasteiger partial charge is 0.368 e. The summed E-state index contributed by atoms with van der Waals surface area (Å²) in [6.07, 6.45) is -2.64. The molecule has 0 spiro atoms. The van der Waals surface area contributed by atoms with Gasteiger partial charge in [0.25, 0.3) is 0 Å². The van der Waals surface area contributed by atoms with Gasteiger partial charge in [-0.2, -0.15) is 13.2 Å². The maximum absolute atomic E-state index is 12.5. The zero-order valence-electron chi connectivity index (χ0n) is 12.6. The van der Waals surface area contributed by atoms with Crippen molar-refractivity contribution >= 4 is 23.3 Å². The molecule has 1 atom stereocenters. The molecule has 1 aromatic heterocycles. The average molecular weight is 351 g/mol. The summed E-state index contributed by atoms with van der Waals surface area (Å²) >= 11 is 5.79. The summed E-state index contributed by atoms with van der Waals surface area (Å²) in [5.74, 6) is 0.104. The van der Waals surface area contributed by atoms with E-state index in [4.69, 9.17) is 11.6 Å². The first kappa shape index (κ1) is 17.8. The highest BCUT2D eigenvalue weighted by atomic mass is 35.5. The predicted molar refractivity (Wildman–Crippen MR) is 81.4 cm³/mol. The lowest BCUT2D eigenvalue weighted by Crippen LogP contribution is -2.39. The topological polar surface area (TPSA) is 57.3 Å². The Hall–Kier alpha value is -1.54. The van der Waals surface area contributed by atoms with Crippen molar-refractivity contribution in [1.29, 1.82) is 0 Å². The van der Waals surface area contributed by atoms with Gasteiger partial charge in [0.05, 0.1) is 10.6 Å². The second kappa shape index (κ2) is 7.35. The number of alkyl halides is 3. The lowest BCUT2D eigenvalue weighted by Gasteiger charge is -2.23. The molecule has 128 valence electrons. The Morgan fingerprint density at radius 1 is 1.57 bits per heavy atom. The van der Waals surface area contributed by atoms with Crippen LogP contribution in [-0.4, -0.2) is 48.5 Å². The van der Waals surface area contributed by atoms with Gasteiger partial charge in [-0.25, -0.2) is 4.98 Å². The van der Waals surface area contributed by atoms with E-state index in [1.54, 1.807) is 11.9 Å². The fraction of sp³-hybridized carbons (Fsp3) is 0.571. The van der Waals surface area contributed by atoms with E-state index in [-0.39, 0.29) is 35.8 Å². The van der Waals surface area contributed by atoms with E-state index < -0.39 is 11.7 Å². The Kier molecular flexibility index (Phi) is 5.69. The summed E-state index contributed by atoms with van der Waals surface area (Å²) in [5.41, 5.74) is -0.905. The summed E-state index contributed by atoms with van der Waals surface area (Å²) in [5, 5.41) is 5.86. The summed E-state index contributed by atoms with van der Waals surface area (Å²) in [4.78, 5) is 17.4. The standard InChI is InChI=1S/C14H18ClF3N4O/c1-22(10-2-4-19-8-10)12(23)3-5-20-13-11(15)6-9(7-21-13)14(16,17)18/h6-7,10,19H,2-5,8H2,1H3,(H,20,21)/t10-/m0/s1. The number of hydrogen-bond donors (Lipinski definition) is 2. The van der Waals surface area contributed by atoms with E-state index in [2.05, 4.69) is 15.6 Å². The van der Waals surface area contributed by atoms with Crippen LogP contribution in [0.3, 0.4) is 0 Å². The van der Waals surface area contributed by atoms with E-state index >= 15 is 0 Å². The van der Waals surface area contributed by atoms with Gasteiger partial charge < -0.3 is 15.5 Å². The third kappa shape index (κ3) is 4.71. The van der Waals surface area contributed by atoms with Gasteiger partial charge in [0.2, 0.25) is 5.91 Å². The number of anilines is 1. The van der Waals surface area contributed by atoms with Crippen LogP contribution in [0.15, 0.2) is 12.3 Å². The van der Waals surface area contributed by atoms with Crippen molar-refractivity contribution in [2.45, 2.75) is 25.1 Å². The first-order valence-corrected chi connectivity index (χ1v) is 7.60. The van der Waals surface area contributed by atoms with Crippen LogP contribution < -0.4 is 10.6 Å². The van der Waals surface area contributed by atoms with Crippen molar-refractivity contribution < 1.29 is 18.0 Å². The van der Waals surface area contributed by atoms with Crippen LogP contribution in [0.1, 0.15) is 18.4 Å². The second-order valence-corrected chi connectivity index (χ2v) is 5.79. The molecule has 0 unspecified atom stereocenters. The van der Waals surface area contributed by atoms with Gasteiger partial charge >= 0.3 is 6.18 Å². The van der Waals surface area contributed by atoms with Gasteiger partial charge in [-0.05, 0) is 19.0 Å². The lowest BCUT2D eigenvalue weighted by atomic mass is 10.2. The minimum atomic E-state index is -4.48. The molecule has 0 aliphatic carbocycles. The van der Waals surface area contributed by atoms with Crippen molar-refractivity contribution in [3.63, 3.8) is 0 Å². The van der Waals surface area contributed by atoms with Gasteiger partial charge in [0.1, 0.15) is 5.82 Å². The van der Waals surface area contributed by atoms with Crippen LogP contribution >= 0.6 is 11.6 Å². The van der Waals surface area contributed by atoms with Gasteiger partial charge in [-0.3, -0.25) is 4.79 Å². The molecule has 9 heteroatoms. The molecule has 1 aromatic rings. The molecule has 0 bridgehead atoms. The Balaban J connectivity index is 1.85. The van der Waals surface area contributed by atoms with Crippen molar-refractivity contribution in [1.82, 2.24) is 15.2 Å². The third-order valence-electron chi connectivity index (χ3n) is 3.78. The molecule has 0 saturated carbocycles. The lowest BCUT2D eigenvalue weighted by molar-refractivity contribution is -0.137. The maximum atomic E-state index is 12.5. The van der Waals surface area contributed by atoms with E-state index in [1.807, 2.05) is 0 Å². The van der Waals surface area contributed by atoms with Crippen LogP contribution in [-0.2, 0) is 11.0 Å². The summed E-state index contributed by atoms with van der Waals surface area (Å²) < 4.78 is 37.6. The largest absolute Gasteiger partial charge is 0.417 e. The highest BCUT2D eigenvalue weighted by Crippen LogP contribution is 2.32. The summed E-state index contributed by atoms with van der Waals surface area (Å²) in [7, 11) is 1.75. The van der Waals surface area contributed by atoms with Crippen LogP contribution in [0.5, 0.6) is 0 Å². The van der Waals surface area contributed by atoms with Crippen LogP contribution in [0, 0.1) is 0 Å². The quantitative estimate of drug-likeness (QED) is 0.856. The zero-order chi connectivity index (χ0) is 17.0. The number of rotatable bonds is 5. The number of pyridine rings is 1. The molecule has 1 aliphatic heterocycles. The molecule has 2 heterocycles. The van der Waals surface area contributed by atoms with E-state index in [0.29, 0.717) is 6.20 Å². The van der Waals surface area contributed by atoms with Crippen molar-refractivity contribution in [3.05, 3.63) is 22.8 Å². The van der Waals surface area contributed by atoms with E-state index in [9.17, 15) is 18.0 Å². The Bertz CT molecular complexity index is 561. The molecule has 2 rings (SSSR count). The number of amides is 1. The highest BCUT2D eigenvalue weighted by molar-refractivity contribution is 6.32. The Morgan fingerprint density at radius 2 is 2.30 bits per heavy atom. The number of carbonyl (C=O) groups is 1. The molecule has 23 heavy (non-hydrogen) atoms. The molecule has 1 aliphatic rings. The van der Waals surface area contributed by atoms with E-state index in [0.717, 1.165) is 25.6 Å². The molecule has 0 radical (unpaired) electrons. The van der Waals surface area contributed by atoms with Crippen LogP contribution in [0.4, 0.5) is 19.0 Å². The Morgan fingerprint density at radius 3 is 2.87 bits per heavy atom. The fourth-order valence-corrected chi connectivity index (χ4v) is 2.59. The molecule has 5 nitrogen and oxygen atoms in total. The third-order valence-corrected chi connectivity index (χ3v) is 4.06. The number of carbonyl (C=O) groups excluding carboxylic acids is 1. The van der Waals surface area contributed by atoms with Crippen LogP contribution in [0.2, 0.25) is 5.02 Å². The molecular weight excluding hydrogens is 333 g/mol. The van der Waals surface area contributed by atoms with Gasteiger partial charge in [0.15, 0.2) is 0 Å². The predicted octanol–water partition coefficient (Wildman–Crippen LogP) is 2.38. The molecule has 2 N–H and O–H groups in total. The number of halogens is 4. The first-order chi connectivity index (χ1) is 10.8. The average Bonchev–Trinajstić information content (AvgIpc) is 3.01. The summed E-state index contributed by atoms with van der Waals surface area (Å²) in [6, 6.07) is 1.00. The number of hydrogen-bond acceptors (Lipinski definition) is 4. The molecule has 1 amide bonds. The normalized spacial score (nSPS) is 18.0. The van der Waals surface area contributed by atoms with Crippen molar-refractivity contribution in [3.8, 4) is 0 Å². The molecule has 0 aromatic carbocycles. The molecule has 1 fully saturated rings. The highest BCUT2D eigenvalue weighted by Gasteiger charge is 2.31. The number of nitrogens with zero attached hydrogens (tertiary/aromatic N) is 2. The molecule has 1 saturated heterocycles. The summed E-state index contributed by atoms with van der Waals surface area (Å²) in [6.45, 7) is 1.93. The number of nitrogens with one attached hydrogen (secondary N) is 2. The number of aromatic nitrogens is 1. The maximum Gasteiger partial charge on any atom is 0.417 e. The van der Waals surface area contributed by atoms with Gasteiger partial charge in [-0.15, -0.1) is 0 Å². The van der Waals surface area contributed by atoms with Gasteiger partial charge in [-0.1, -0.05) is 11.6 Å². The minimum Gasteiger partial charge on any atom is -0.368 e. The SMILES string of the molecule is CN(C(=O)CCNc1ncc(C(F)(F)F)cc1Cl)[C@H]1CCNC1. The second-order valence-electron chi connectivity index (χ2n) is 5.38. The zero-order valence-corrected chi connectivity index (χ0v) is 13.3. The van der Waals surface area contributed by atoms with Gasteiger partial charge in [0, 0.05) is 38.8 Å². The minimum absolute atomic E-state index is 0.0331. The molecular formula is C14H18ClF3N4O. The van der Waals surface area contributed by atoms with Crippen molar-refractivity contribution in [2.24, 2.45) is 0 Å².